The van der Waals surface area contributed by atoms with E-state index in [4.69, 9.17) is 16.3 Å². The molecule has 0 spiro atoms. The predicted octanol–water partition coefficient (Wildman–Crippen LogP) is 7.15. The number of rotatable bonds is 15. The molecule has 2 amide bonds. The van der Waals surface area contributed by atoms with Gasteiger partial charge in [0.1, 0.15) is 18.4 Å². The molecule has 4 saturated heterocycles. The highest BCUT2D eigenvalue weighted by molar-refractivity contribution is 6.27. The SMILES string of the molecule is O=CC(=O)C1c2cc(N3C4CCC3CN(CC3CCN(CCOc5ccc(C(=C(CCCl)c6ccccc6)c6ccccc6)cc5)CC3)C4)ccc2CN1C1CCC(=O)NC1=O. The van der Waals surface area contributed by atoms with Crippen molar-refractivity contribution in [2.24, 2.45) is 5.92 Å². The fraction of sp³-hybridized carbons (Fsp3) is 0.412. The first-order chi connectivity index (χ1) is 30.4. The number of halogens is 1. The van der Waals surface area contributed by atoms with Gasteiger partial charge in [-0.2, -0.15) is 0 Å². The molecule has 5 aliphatic heterocycles. The van der Waals surface area contributed by atoms with E-state index >= 15 is 0 Å². The first-order valence-corrected chi connectivity index (χ1v) is 23.0. The van der Waals surface area contributed by atoms with E-state index in [0.29, 0.717) is 49.7 Å². The molecule has 0 saturated carbocycles. The van der Waals surface area contributed by atoms with Crippen LogP contribution in [0.2, 0.25) is 0 Å². The molecular weight excluding hydrogens is 798 g/mol. The highest BCUT2D eigenvalue weighted by Crippen LogP contribution is 2.43. The summed E-state index contributed by atoms with van der Waals surface area (Å²) in [5, 5.41) is 2.42. The zero-order valence-corrected chi connectivity index (χ0v) is 36.1. The van der Waals surface area contributed by atoms with Crippen molar-refractivity contribution in [1.29, 1.82) is 0 Å². The number of ketones is 1. The number of benzene rings is 4. The molecule has 4 unspecified atom stereocenters. The first kappa shape index (κ1) is 42.2. The quantitative estimate of drug-likeness (QED) is 0.0440. The number of alkyl halides is 1. The monoisotopic (exact) mass is 853 g/mol. The van der Waals surface area contributed by atoms with Crippen molar-refractivity contribution in [3.8, 4) is 5.75 Å². The van der Waals surface area contributed by atoms with Crippen LogP contribution in [0.5, 0.6) is 5.75 Å². The Morgan fingerprint density at radius 2 is 1.47 bits per heavy atom. The minimum atomic E-state index is -0.814. The maximum absolute atomic E-state index is 13.1. The highest BCUT2D eigenvalue weighted by Gasteiger charge is 2.45. The van der Waals surface area contributed by atoms with E-state index in [2.05, 4.69) is 117 Å². The van der Waals surface area contributed by atoms with Gasteiger partial charge in [-0.3, -0.25) is 39.2 Å². The second-order valence-electron chi connectivity index (χ2n) is 17.6. The molecule has 10 nitrogen and oxygen atoms in total. The third-order valence-corrected chi connectivity index (χ3v) is 14.0. The molecule has 1 N–H and O–H groups in total. The number of fused-ring (bicyclic) bond motifs is 3. The van der Waals surface area contributed by atoms with Gasteiger partial charge in [0.25, 0.3) is 0 Å². The number of carbonyl (C=O) groups is 4. The number of nitrogens with one attached hydrogen (secondary N) is 1. The van der Waals surface area contributed by atoms with Crippen LogP contribution in [0.1, 0.15) is 78.8 Å². The minimum absolute atomic E-state index is 0.219. The third kappa shape index (κ3) is 9.02. The van der Waals surface area contributed by atoms with Crippen LogP contribution in [0.3, 0.4) is 0 Å². The maximum Gasteiger partial charge on any atom is 0.243 e. The van der Waals surface area contributed by atoms with Crippen molar-refractivity contribution in [2.45, 2.75) is 75.7 Å². The van der Waals surface area contributed by atoms with Gasteiger partial charge in [0.2, 0.25) is 17.6 Å². The van der Waals surface area contributed by atoms with Crippen molar-refractivity contribution in [1.82, 2.24) is 20.0 Å². The molecule has 2 bridgehead atoms. The average Bonchev–Trinajstić information content (AvgIpc) is 3.81. The molecule has 0 radical (unpaired) electrons. The van der Waals surface area contributed by atoms with Gasteiger partial charge in [-0.25, -0.2) is 0 Å². The number of nitrogens with zero attached hydrogens (tertiary/aromatic N) is 4. The molecule has 11 heteroatoms. The van der Waals surface area contributed by atoms with Gasteiger partial charge in [-0.05, 0) is 121 Å². The number of aldehydes is 1. The van der Waals surface area contributed by atoms with E-state index in [1.165, 1.54) is 35.1 Å². The molecule has 322 valence electrons. The molecule has 4 aromatic rings. The molecule has 5 aliphatic rings. The number of likely N-dealkylation sites (tertiary alicyclic amines) is 2. The number of piperazine rings is 1. The minimum Gasteiger partial charge on any atom is -0.492 e. The number of allylic oxidation sites excluding steroid dienone is 1. The summed E-state index contributed by atoms with van der Waals surface area (Å²) in [6.07, 6.45) is 6.34. The number of amides is 2. The Bertz CT molecular complexity index is 2260. The van der Waals surface area contributed by atoms with Crippen LogP contribution >= 0.6 is 11.6 Å². The van der Waals surface area contributed by atoms with Crippen molar-refractivity contribution in [3.63, 3.8) is 0 Å². The van der Waals surface area contributed by atoms with E-state index in [1.807, 2.05) is 11.0 Å². The Labute approximate surface area is 369 Å². The van der Waals surface area contributed by atoms with Crippen molar-refractivity contribution >= 4 is 52.3 Å². The van der Waals surface area contributed by atoms with Crippen molar-refractivity contribution < 1.29 is 23.9 Å². The summed E-state index contributed by atoms with van der Waals surface area (Å²) in [5.41, 5.74) is 8.80. The smallest absolute Gasteiger partial charge is 0.243 e. The predicted molar refractivity (Wildman–Crippen MR) is 243 cm³/mol. The largest absolute Gasteiger partial charge is 0.492 e. The van der Waals surface area contributed by atoms with E-state index in [1.54, 1.807) is 0 Å². The van der Waals surface area contributed by atoms with E-state index < -0.39 is 23.8 Å². The van der Waals surface area contributed by atoms with Gasteiger partial charge in [-0.1, -0.05) is 78.9 Å². The van der Waals surface area contributed by atoms with Crippen LogP contribution in [0.4, 0.5) is 5.69 Å². The zero-order valence-electron chi connectivity index (χ0n) is 35.3. The van der Waals surface area contributed by atoms with Crippen LogP contribution < -0.4 is 15.0 Å². The van der Waals surface area contributed by atoms with Crippen LogP contribution in [0.25, 0.3) is 11.1 Å². The molecule has 0 aliphatic carbocycles. The second-order valence-corrected chi connectivity index (χ2v) is 18.0. The Hall–Kier alpha value is -5.13. The summed E-state index contributed by atoms with van der Waals surface area (Å²) in [5.74, 6) is 0.852. The van der Waals surface area contributed by atoms with Crippen LogP contribution in [0, 0.1) is 5.92 Å². The first-order valence-electron chi connectivity index (χ1n) is 22.4. The number of carbonyl (C=O) groups excluding carboxylic acids is 4. The maximum atomic E-state index is 13.1. The fourth-order valence-electron chi connectivity index (χ4n) is 10.9. The van der Waals surface area contributed by atoms with Gasteiger partial charge in [0.15, 0.2) is 6.29 Å². The Morgan fingerprint density at radius 1 is 0.790 bits per heavy atom. The zero-order chi connectivity index (χ0) is 42.6. The average molecular weight is 854 g/mol. The van der Waals surface area contributed by atoms with Gasteiger partial charge < -0.3 is 9.64 Å². The number of hydrogen-bond acceptors (Lipinski definition) is 9. The summed E-state index contributed by atoms with van der Waals surface area (Å²) in [6, 6.07) is 35.3. The lowest BCUT2D eigenvalue weighted by atomic mass is 9.88. The summed E-state index contributed by atoms with van der Waals surface area (Å²) in [7, 11) is 0. The molecule has 4 aromatic carbocycles. The summed E-state index contributed by atoms with van der Waals surface area (Å²) >= 11 is 6.36. The second kappa shape index (κ2) is 19.1. The number of piperidine rings is 2. The molecule has 4 fully saturated rings. The Kier molecular flexibility index (Phi) is 13.0. The van der Waals surface area contributed by atoms with E-state index in [0.717, 1.165) is 86.7 Å². The van der Waals surface area contributed by atoms with Crippen LogP contribution in [-0.4, -0.2) is 108 Å². The van der Waals surface area contributed by atoms with Gasteiger partial charge in [-0.15, -0.1) is 11.6 Å². The Balaban J connectivity index is 0.765. The van der Waals surface area contributed by atoms with Crippen LogP contribution in [0.15, 0.2) is 103 Å². The van der Waals surface area contributed by atoms with E-state index in [-0.39, 0.29) is 12.3 Å². The number of hydrogen-bond donors (Lipinski definition) is 1. The standard InChI is InChI=1S/C51H56ClN5O5/c52-24-21-44(36-7-3-1-4-8-36)49(37-9-5-2-6-10-37)38-12-17-43(18-13-38)62-28-27-54-25-22-35(23-26-54)30-55-32-41-15-16-42(33-55)57(41)40-14-11-39-31-56(46-19-20-48(60)53-51(46)61)50(45(39)29-40)47(59)34-58/h1-14,17-18,29,34-35,41-42,46,50H,15-16,19-28,30-33H2,(H,53,60,61). The van der Waals surface area contributed by atoms with Gasteiger partial charge >= 0.3 is 0 Å². The lowest BCUT2D eigenvalue weighted by molar-refractivity contribution is -0.141. The van der Waals surface area contributed by atoms with Crippen molar-refractivity contribution in [3.05, 3.63) is 131 Å². The van der Waals surface area contributed by atoms with Gasteiger partial charge in [0.05, 0.1) is 6.04 Å². The highest BCUT2D eigenvalue weighted by atomic mass is 35.5. The number of Topliss-reactive ketones (excluding diaryl/α,β-unsaturated/α-hetero) is 1. The van der Waals surface area contributed by atoms with E-state index in [9.17, 15) is 19.2 Å². The fourth-order valence-corrected chi connectivity index (χ4v) is 11.1. The summed E-state index contributed by atoms with van der Waals surface area (Å²) in [4.78, 5) is 59.2. The molecule has 0 aromatic heterocycles. The van der Waals surface area contributed by atoms with Gasteiger partial charge in [0, 0.05) is 62.8 Å². The summed E-state index contributed by atoms with van der Waals surface area (Å²) < 4.78 is 6.30. The normalized spacial score (nSPS) is 23.8. The topological polar surface area (TPSA) is 102 Å². The summed E-state index contributed by atoms with van der Waals surface area (Å²) in [6.45, 7) is 7.28. The third-order valence-electron chi connectivity index (χ3n) is 13.8. The number of ether oxygens (including phenoxy) is 1. The van der Waals surface area contributed by atoms with Crippen molar-refractivity contribution in [2.75, 3.05) is 56.7 Å². The molecule has 4 atom stereocenters. The molecule has 5 heterocycles. The molecule has 62 heavy (non-hydrogen) atoms. The lowest BCUT2D eigenvalue weighted by Crippen LogP contribution is -2.55. The molecular formula is C51H56ClN5O5. The van der Waals surface area contributed by atoms with Crippen LogP contribution in [-0.2, 0) is 25.7 Å². The lowest BCUT2D eigenvalue weighted by Gasteiger charge is -2.44. The number of anilines is 1. The number of imide groups is 1. The molecule has 9 rings (SSSR count). The Morgan fingerprint density at radius 3 is 2.13 bits per heavy atom.